The Morgan fingerprint density at radius 3 is 2.65 bits per heavy atom. The van der Waals surface area contributed by atoms with Gasteiger partial charge in [-0.1, -0.05) is 18.2 Å². The molecule has 1 aromatic heterocycles. The Morgan fingerprint density at radius 2 is 2.05 bits per heavy atom. The van der Waals surface area contributed by atoms with Crippen molar-refractivity contribution in [3.05, 3.63) is 41.9 Å². The lowest BCUT2D eigenvalue weighted by Crippen LogP contribution is -2.15. The van der Waals surface area contributed by atoms with Crippen LogP contribution in [0.15, 0.2) is 35.5 Å². The lowest BCUT2D eigenvalue weighted by molar-refractivity contribution is 0.598. The van der Waals surface area contributed by atoms with Gasteiger partial charge in [0.2, 0.25) is 0 Å². The van der Waals surface area contributed by atoms with Gasteiger partial charge in [0.05, 0.1) is 5.69 Å². The van der Waals surface area contributed by atoms with Gasteiger partial charge < -0.3 is 10.3 Å². The van der Waals surface area contributed by atoms with E-state index in [1.165, 1.54) is 6.20 Å². The lowest BCUT2D eigenvalue weighted by Gasteiger charge is -2.09. The third-order valence-electron chi connectivity index (χ3n) is 3.05. The van der Waals surface area contributed by atoms with Crippen molar-refractivity contribution in [2.75, 3.05) is 4.72 Å². The van der Waals surface area contributed by atoms with Gasteiger partial charge in [-0.2, -0.15) is 8.42 Å². The molecule has 108 valence electrons. The second-order valence-electron chi connectivity index (χ2n) is 4.38. The number of hydrogen-bond donors (Lipinski definition) is 2. The van der Waals surface area contributed by atoms with Crippen LogP contribution >= 0.6 is 0 Å². The van der Waals surface area contributed by atoms with E-state index >= 15 is 0 Å². The fourth-order valence-electron chi connectivity index (χ4n) is 1.92. The third-order valence-corrected chi connectivity index (χ3v) is 4.29. The van der Waals surface area contributed by atoms with E-state index in [0.29, 0.717) is 18.1 Å². The molecule has 3 N–H and O–H groups in total. The van der Waals surface area contributed by atoms with E-state index in [-0.39, 0.29) is 11.6 Å². The van der Waals surface area contributed by atoms with Crippen molar-refractivity contribution in [2.24, 2.45) is 5.73 Å². The molecule has 0 atom stereocenters. The fraction of sp³-hybridized carbons (Fsp3) is 0.308. The van der Waals surface area contributed by atoms with Gasteiger partial charge in [0.15, 0.2) is 5.03 Å². The SMILES string of the molecule is CCn1cc(S(=O)(=O)Nc2ccccc2CN)nc1C. The number of imidazole rings is 1. The molecule has 0 radical (unpaired) electrons. The zero-order valence-corrected chi connectivity index (χ0v) is 12.3. The highest BCUT2D eigenvalue weighted by Gasteiger charge is 2.19. The predicted octanol–water partition coefficient (Wildman–Crippen LogP) is 1.47. The number of nitrogens with two attached hydrogens (primary N) is 1. The first-order chi connectivity index (χ1) is 9.47. The zero-order valence-electron chi connectivity index (χ0n) is 11.5. The average Bonchev–Trinajstić information content (AvgIpc) is 2.81. The van der Waals surface area contributed by atoms with Crippen LogP contribution in [-0.2, 0) is 23.1 Å². The lowest BCUT2D eigenvalue weighted by atomic mass is 10.2. The Kier molecular flexibility index (Phi) is 4.10. The van der Waals surface area contributed by atoms with Crippen LogP contribution < -0.4 is 10.5 Å². The standard InChI is InChI=1S/C13H18N4O2S/c1-3-17-9-13(15-10(17)2)20(18,19)16-12-7-5-4-6-11(12)8-14/h4-7,9,16H,3,8,14H2,1-2H3. The maximum atomic E-state index is 12.3. The van der Waals surface area contributed by atoms with Crippen molar-refractivity contribution >= 4 is 15.7 Å². The Bertz CT molecular complexity index is 707. The van der Waals surface area contributed by atoms with Crippen LogP contribution in [0.4, 0.5) is 5.69 Å². The van der Waals surface area contributed by atoms with Crippen molar-refractivity contribution in [3.63, 3.8) is 0 Å². The molecule has 6 nitrogen and oxygen atoms in total. The van der Waals surface area contributed by atoms with Crippen LogP contribution in [0.1, 0.15) is 18.3 Å². The highest BCUT2D eigenvalue weighted by Crippen LogP contribution is 2.19. The molecule has 2 aromatic rings. The number of rotatable bonds is 5. The van der Waals surface area contributed by atoms with Gasteiger partial charge in [-0.05, 0) is 25.5 Å². The number of nitrogens with zero attached hydrogens (tertiary/aromatic N) is 2. The largest absolute Gasteiger partial charge is 0.334 e. The molecular weight excluding hydrogens is 276 g/mol. The van der Waals surface area contributed by atoms with Gasteiger partial charge >= 0.3 is 0 Å². The molecular formula is C13H18N4O2S. The summed E-state index contributed by atoms with van der Waals surface area (Å²) >= 11 is 0. The van der Waals surface area contributed by atoms with Crippen LogP contribution in [0.25, 0.3) is 0 Å². The number of aryl methyl sites for hydroxylation is 2. The van der Waals surface area contributed by atoms with E-state index in [0.717, 1.165) is 5.56 Å². The van der Waals surface area contributed by atoms with Crippen LogP contribution in [0.5, 0.6) is 0 Å². The summed E-state index contributed by atoms with van der Waals surface area (Å²) < 4.78 is 29.0. The molecule has 0 saturated carbocycles. The van der Waals surface area contributed by atoms with Crippen molar-refractivity contribution in [1.29, 1.82) is 0 Å². The first kappa shape index (κ1) is 14.5. The smallest absolute Gasteiger partial charge is 0.280 e. The maximum absolute atomic E-state index is 12.3. The van der Waals surface area contributed by atoms with E-state index in [9.17, 15) is 8.42 Å². The molecule has 0 unspecified atom stereocenters. The van der Waals surface area contributed by atoms with Crippen molar-refractivity contribution in [1.82, 2.24) is 9.55 Å². The zero-order chi connectivity index (χ0) is 14.8. The predicted molar refractivity (Wildman–Crippen MR) is 77.8 cm³/mol. The summed E-state index contributed by atoms with van der Waals surface area (Å²) in [5, 5.41) is 0.0173. The first-order valence-corrected chi connectivity index (χ1v) is 7.80. The number of hydrogen-bond acceptors (Lipinski definition) is 4. The van der Waals surface area contributed by atoms with Gasteiger partial charge in [0.25, 0.3) is 10.0 Å². The van der Waals surface area contributed by atoms with Crippen molar-refractivity contribution in [3.8, 4) is 0 Å². The molecule has 0 aliphatic heterocycles. The molecule has 2 rings (SSSR count). The highest BCUT2D eigenvalue weighted by molar-refractivity contribution is 7.92. The highest BCUT2D eigenvalue weighted by atomic mass is 32.2. The summed E-state index contributed by atoms with van der Waals surface area (Å²) in [4.78, 5) is 4.09. The van der Waals surface area contributed by atoms with Crippen LogP contribution in [-0.4, -0.2) is 18.0 Å². The van der Waals surface area contributed by atoms with Gasteiger partial charge in [0.1, 0.15) is 5.82 Å². The number of anilines is 1. The van der Waals surface area contributed by atoms with Crippen LogP contribution in [0.3, 0.4) is 0 Å². The van der Waals surface area contributed by atoms with Crippen molar-refractivity contribution < 1.29 is 8.42 Å². The molecule has 0 saturated heterocycles. The van der Waals surface area contributed by atoms with E-state index in [2.05, 4.69) is 9.71 Å². The van der Waals surface area contributed by atoms with Gasteiger partial charge in [-0.15, -0.1) is 0 Å². The minimum absolute atomic E-state index is 0.0173. The monoisotopic (exact) mass is 294 g/mol. The van der Waals surface area contributed by atoms with Crippen LogP contribution in [0.2, 0.25) is 0 Å². The normalized spacial score (nSPS) is 11.6. The molecule has 0 aliphatic carbocycles. The minimum Gasteiger partial charge on any atom is -0.334 e. The molecule has 0 spiro atoms. The molecule has 7 heteroatoms. The van der Waals surface area contributed by atoms with Gasteiger partial charge in [-0.25, -0.2) is 4.98 Å². The summed E-state index contributed by atoms with van der Waals surface area (Å²) in [5.74, 6) is 0.667. The number of sulfonamides is 1. The van der Waals surface area contributed by atoms with Crippen LogP contribution in [0, 0.1) is 6.92 Å². The molecule has 0 aliphatic rings. The summed E-state index contributed by atoms with van der Waals surface area (Å²) in [6, 6.07) is 7.04. The average molecular weight is 294 g/mol. The number of benzene rings is 1. The second kappa shape index (κ2) is 5.64. The summed E-state index contributed by atoms with van der Waals surface area (Å²) in [7, 11) is -3.70. The number of para-hydroxylation sites is 1. The summed E-state index contributed by atoms with van der Waals surface area (Å²) in [5.41, 5.74) is 6.83. The molecule has 0 amide bonds. The molecule has 20 heavy (non-hydrogen) atoms. The Balaban J connectivity index is 2.35. The van der Waals surface area contributed by atoms with E-state index in [1.54, 1.807) is 29.7 Å². The van der Waals surface area contributed by atoms with E-state index < -0.39 is 10.0 Å². The summed E-state index contributed by atoms with van der Waals surface area (Å²) in [6.45, 7) is 4.65. The quantitative estimate of drug-likeness (QED) is 0.873. The molecule has 0 bridgehead atoms. The van der Waals surface area contributed by atoms with E-state index in [1.807, 2.05) is 13.0 Å². The first-order valence-electron chi connectivity index (χ1n) is 6.32. The Hall–Kier alpha value is -1.86. The van der Waals surface area contributed by atoms with Crippen molar-refractivity contribution in [2.45, 2.75) is 32.0 Å². The third kappa shape index (κ3) is 2.83. The Morgan fingerprint density at radius 1 is 1.35 bits per heavy atom. The molecule has 1 heterocycles. The van der Waals surface area contributed by atoms with Gasteiger partial charge in [-0.3, -0.25) is 4.72 Å². The van der Waals surface area contributed by atoms with E-state index in [4.69, 9.17) is 5.73 Å². The minimum atomic E-state index is -3.70. The fourth-order valence-corrected chi connectivity index (χ4v) is 3.04. The molecule has 0 fully saturated rings. The summed E-state index contributed by atoms with van der Waals surface area (Å²) in [6.07, 6.45) is 1.53. The van der Waals surface area contributed by atoms with Gasteiger partial charge in [0, 0.05) is 19.3 Å². The topological polar surface area (TPSA) is 90.0 Å². The maximum Gasteiger partial charge on any atom is 0.280 e. The number of nitrogens with one attached hydrogen (secondary N) is 1. The second-order valence-corrected chi connectivity index (χ2v) is 6.01. The Labute approximate surface area is 118 Å². The molecule has 1 aromatic carbocycles. The number of aromatic nitrogens is 2.